The van der Waals surface area contributed by atoms with Gasteiger partial charge in [0.25, 0.3) is 0 Å². The van der Waals surface area contributed by atoms with Crippen LogP contribution < -0.4 is 0 Å². The fraction of sp³-hybridized carbons (Fsp3) is 0.652. The summed E-state index contributed by atoms with van der Waals surface area (Å²) in [5, 5.41) is 0. The number of benzene rings is 1. The fourth-order valence-corrected chi connectivity index (χ4v) is 5.18. The van der Waals surface area contributed by atoms with Gasteiger partial charge in [-0.25, -0.2) is 0 Å². The van der Waals surface area contributed by atoms with Crippen molar-refractivity contribution in [2.24, 2.45) is 11.8 Å². The summed E-state index contributed by atoms with van der Waals surface area (Å²) in [7, 11) is 0. The van der Waals surface area contributed by atoms with Crippen LogP contribution in [0.15, 0.2) is 30.3 Å². The number of amides is 2. The number of carbonyl (C=O) groups excluding carboxylic acids is 2. The van der Waals surface area contributed by atoms with Crippen molar-refractivity contribution in [3.8, 4) is 0 Å². The molecule has 4 rings (SSSR count). The monoisotopic (exact) mass is 384 g/mol. The Morgan fingerprint density at radius 3 is 2.29 bits per heavy atom. The average Bonchev–Trinajstić information content (AvgIpc) is 3.25. The molecule has 0 saturated carbocycles. The van der Waals surface area contributed by atoms with E-state index in [0.29, 0.717) is 13.0 Å². The first kappa shape index (κ1) is 19.4. The van der Waals surface area contributed by atoms with Crippen LogP contribution in [0.25, 0.3) is 0 Å². The first-order valence-corrected chi connectivity index (χ1v) is 10.9. The third kappa shape index (κ3) is 4.40. The van der Waals surface area contributed by atoms with Crippen LogP contribution >= 0.6 is 0 Å². The molecule has 3 saturated heterocycles. The van der Waals surface area contributed by atoms with E-state index < -0.39 is 0 Å². The normalized spacial score (nSPS) is 24.5. The molecule has 0 N–H and O–H groups in total. The minimum Gasteiger partial charge on any atom is -0.381 e. The van der Waals surface area contributed by atoms with E-state index in [2.05, 4.69) is 0 Å². The Balaban J connectivity index is 1.31. The van der Waals surface area contributed by atoms with Crippen molar-refractivity contribution in [1.82, 2.24) is 9.80 Å². The number of ether oxygens (including phenoxy) is 1. The lowest BCUT2D eigenvalue weighted by molar-refractivity contribution is -0.144. The van der Waals surface area contributed by atoms with Crippen LogP contribution in [0.1, 0.15) is 44.1 Å². The predicted molar refractivity (Wildman–Crippen MR) is 108 cm³/mol. The van der Waals surface area contributed by atoms with E-state index in [9.17, 15) is 9.59 Å². The zero-order valence-electron chi connectivity index (χ0n) is 16.7. The lowest BCUT2D eigenvalue weighted by Crippen LogP contribution is -2.50. The summed E-state index contributed by atoms with van der Waals surface area (Å²) in [6.07, 6.45) is 6.65. The van der Waals surface area contributed by atoms with Crippen molar-refractivity contribution in [2.75, 3.05) is 32.8 Å². The van der Waals surface area contributed by atoms with Gasteiger partial charge in [0.15, 0.2) is 0 Å². The van der Waals surface area contributed by atoms with Gasteiger partial charge in [0, 0.05) is 32.8 Å². The van der Waals surface area contributed by atoms with Crippen LogP contribution in [0.2, 0.25) is 0 Å². The molecule has 1 aromatic carbocycles. The average molecular weight is 385 g/mol. The molecule has 152 valence electrons. The summed E-state index contributed by atoms with van der Waals surface area (Å²) in [4.78, 5) is 29.8. The van der Waals surface area contributed by atoms with Gasteiger partial charge in [-0.3, -0.25) is 9.59 Å². The zero-order valence-corrected chi connectivity index (χ0v) is 16.7. The van der Waals surface area contributed by atoms with Crippen LogP contribution in [0.4, 0.5) is 0 Å². The second-order valence-corrected chi connectivity index (χ2v) is 8.52. The Morgan fingerprint density at radius 2 is 1.57 bits per heavy atom. The van der Waals surface area contributed by atoms with Crippen molar-refractivity contribution in [1.29, 1.82) is 0 Å². The van der Waals surface area contributed by atoms with Crippen molar-refractivity contribution < 1.29 is 14.3 Å². The molecule has 0 spiro atoms. The number of rotatable bonds is 4. The summed E-state index contributed by atoms with van der Waals surface area (Å²) < 4.78 is 5.49. The van der Waals surface area contributed by atoms with Gasteiger partial charge in [0.1, 0.15) is 6.04 Å². The van der Waals surface area contributed by atoms with E-state index in [0.717, 1.165) is 69.4 Å². The number of carbonyl (C=O) groups is 2. The molecule has 3 aliphatic heterocycles. The van der Waals surface area contributed by atoms with Gasteiger partial charge in [0.2, 0.25) is 11.8 Å². The van der Waals surface area contributed by atoms with E-state index in [1.165, 1.54) is 12.8 Å². The van der Waals surface area contributed by atoms with Crippen LogP contribution in [0.5, 0.6) is 0 Å². The highest BCUT2D eigenvalue weighted by atomic mass is 16.5. The summed E-state index contributed by atoms with van der Waals surface area (Å²) >= 11 is 0. The lowest BCUT2D eigenvalue weighted by Gasteiger charge is -2.39. The van der Waals surface area contributed by atoms with Crippen LogP contribution in [-0.4, -0.2) is 60.5 Å². The Labute approximate surface area is 168 Å². The van der Waals surface area contributed by atoms with Gasteiger partial charge < -0.3 is 14.5 Å². The molecule has 3 heterocycles. The second kappa shape index (κ2) is 9.08. The number of likely N-dealkylation sites (tertiary alicyclic amines) is 2. The van der Waals surface area contributed by atoms with Crippen molar-refractivity contribution in [2.45, 2.75) is 51.0 Å². The molecule has 0 aromatic heterocycles. The van der Waals surface area contributed by atoms with Gasteiger partial charge in [-0.1, -0.05) is 30.3 Å². The van der Waals surface area contributed by atoms with Crippen molar-refractivity contribution in [3.05, 3.63) is 35.9 Å². The molecule has 1 unspecified atom stereocenters. The second-order valence-electron chi connectivity index (χ2n) is 8.52. The summed E-state index contributed by atoms with van der Waals surface area (Å²) in [6, 6.07) is 9.57. The van der Waals surface area contributed by atoms with Gasteiger partial charge in [0.05, 0.1) is 6.42 Å². The fourth-order valence-electron chi connectivity index (χ4n) is 5.18. The highest BCUT2D eigenvalue weighted by Gasteiger charge is 2.38. The minimum atomic E-state index is -0.254. The topological polar surface area (TPSA) is 49.9 Å². The molecule has 0 bridgehead atoms. The molecular weight excluding hydrogens is 352 g/mol. The van der Waals surface area contributed by atoms with E-state index in [-0.39, 0.29) is 17.9 Å². The number of nitrogens with zero attached hydrogens (tertiary/aromatic N) is 2. The maximum atomic E-state index is 13.2. The third-order valence-electron chi connectivity index (χ3n) is 6.84. The van der Waals surface area contributed by atoms with Crippen molar-refractivity contribution in [3.63, 3.8) is 0 Å². The summed E-state index contributed by atoms with van der Waals surface area (Å²) in [5.74, 6) is 1.75. The van der Waals surface area contributed by atoms with Gasteiger partial charge in [-0.2, -0.15) is 0 Å². The highest BCUT2D eigenvalue weighted by Crippen LogP contribution is 2.32. The molecule has 5 nitrogen and oxygen atoms in total. The molecular formula is C23H32N2O3. The molecule has 0 aliphatic carbocycles. The molecule has 5 heteroatoms. The van der Waals surface area contributed by atoms with Crippen LogP contribution in [0, 0.1) is 11.8 Å². The Bertz CT molecular complexity index is 664. The summed E-state index contributed by atoms with van der Waals surface area (Å²) in [5.41, 5.74) is 1.02. The first-order chi connectivity index (χ1) is 13.7. The van der Waals surface area contributed by atoms with E-state index in [4.69, 9.17) is 4.74 Å². The molecule has 3 fully saturated rings. The Hall–Kier alpha value is -1.88. The minimum absolute atomic E-state index is 0.0825. The third-order valence-corrected chi connectivity index (χ3v) is 6.84. The first-order valence-electron chi connectivity index (χ1n) is 10.9. The Morgan fingerprint density at radius 1 is 0.893 bits per heavy atom. The number of hydrogen-bond acceptors (Lipinski definition) is 3. The van der Waals surface area contributed by atoms with Crippen molar-refractivity contribution >= 4 is 11.8 Å². The molecule has 28 heavy (non-hydrogen) atoms. The largest absolute Gasteiger partial charge is 0.381 e. The van der Waals surface area contributed by atoms with E-state index in [1.54, 1.807) is 0 Å². The smallest absolute Gasteiger partial charge is 0.245 e. The van der Waals surface area contributed by atoms with Gasteiger partial charge in [-0.15, -0.1) is 0 Å². The van der Waals surface area contributed by atoms with Gasteiger partial charge in [-0.05, 0) is 55.9 Å². The molecule has 0 radical (unpaired) electrons. The zero-order chi connectivity index (χ0) is 19.3. The molecule has 1 atom stereocenters. The molecule has 3 aliphatic rings. The maximum absolute atomic E-state index is 13.2. The molecule has 1 aromatic rings. The summed E-state index contributed by atoms with van der Waals surface area (Å²) in [6.45, 7) is 4.19. The van der Waals surface area contributed by atoms with Gasteiger partial charge >= 0.3 is 0 Å². The van der Waals surface area contributed by atoms with Crippen LogP contribution in [0.3, 0.4) is 0 Å². The number of hydrogen-bond donors (Lipinski definition) is 0. The lowest BCUT2D eigenvalue weighted by atomic mass is 9.80. The SMILES string of the molecule is O=C(C1CCCN1C(=O)Cc1ccccc1)N1CCC(C2CCOCC2)CC1. The van der Waals surface area contributed by atoms with E-state index >= 15 is 0 Å². The maximum Gasteiger partial charge on any atom is 0.245 e. The Kier molecular flexibility index (Phi) is 6.30. The van der Waals surface area contributed by atoms with E-state index in [1.807, 2.05) is 40.1 Å². The quantitative estimate of drug-likeness (QED) is 0.802. The molecule has 2 amide bonds. The van der Waals surface area contributed by atoms with Crippen LogP contribution in [-0.2, 0) is 20.7 Å². The standard InChI is InChI=1S/C23H32N2O3/c26-22(17-18-5-2-1-3-6-18)25-12-4-7-21(25)23(27)24-13-8-19(9-14-24)20-10-15-28-16-11-20/h1-3,5-6,19-21H,4,7-17H2. The predicted octanol–water partition coefficient (Wildman–Crippen LogP) is 2.89. The number of piperidine rings is 1. The highest BCUT2D eigenvalue weighted by molar-refractivity contribution is 5.89.